The maximum absolute atomic E-state index is 12.3. The van der Waals surface area contributed by atoms with Crippen molar-refractivity contribution in [2.24, 2.45) is 0 Å². The number of ketones is 1. The van der Waals surface area contributed by atoms with Crippen LogP contribution < -0.4 is 10.1 Å². The monoisotopic (exact) mass is 248 g/mol. The zero-order valence-electron chi connectivity index (χ0n) is 11.0. The second kappa shape index (κ2) is 5.98. The summed E-state index contributed by atoms with van der Waals surface area (Å²) in [6.07, 6.45) is 0. The smallest absolute Gasteiger partial charge is 0.181 e. The molecule has 0 spiro atoms. The molecule has 0 saturated carbocycles. The van der Waals surface area contributed by atoms with Gasteiger partial charge in [-0.3, -0.25) is 4.79 Å². The van der Waals surface area contributed by atoms with Crippen LogP contribution in [0.25, 0.3) is 0 Å². The average molecular weight is 248 g/mol. The molecule has 4 nitrogen and oxygen atoms in total. The molecule has 1 N–H and O–H groups in total. The van der Waals surface area contributed by atoms with Crippen molar-refractivity contribution in [1.82, 2.24) is 10.2 Å². The van der Waals surface area contributed by atoms with E-state index in [0.29, 0.717) is 6.61 Å². The highest BCUT2D eigenvalue weighted by molar-refractivity contribution is 6.00. The Labute approximate surface area is 108 Å². The van der Waals surface area contributed by atoms with Crippen molar-refractivity contribution in [2.45, 2.75) is 13.0 Å². The lowest BCUT2D eigenvalue weighted by molar-refractivity contribution is 0.0894. The molecule has 0 aromatic heterocycles. The molecule has 0 bridgehead atoms. The molecule has 1 fully saturated rings. The lowest BCUT2D eigenvalue weighted by atomic mass is 10.0. The van der Waals surface area contributed by atoms with Gasteiger partial charge in [0, 0.05) is 25.2 Å². The van der Waals surface area contributed by atoms with Crippen LogP contribution in [0.3, 0.4) is 0 Å². The van der Waals surface area contributed by atoms with Crippen LogP contribution in [0.1, 0.15) is 17.3 Å². The van der Waals surface area contributed by atoms with Gasteiger partial charge in [0.1, 0.15) is 5.75 Å². The normalized spacial score (nSPS) is 20.7. The van der Waals surface area contributed by atoms with Gasteiger partial charge in [0.25, 0.3) is 0 Å². The van der Waals surface area contributed by atoms with Crippen molar-refractivity contribution in [1.29, 1.82) is 0 Å². The largest absolute Gasteiger partial charge is 0.494 e. The quantitative estimate of drug-likeness (QED) is 0.812. The van der Waals surface area contributed by atoms with Gasteiger partial charge in [0.05, 0.1) is 12.6 Å². The number of piperazine rings is 1. The van der Waals surface area contributed by atoms with Crippen LogP contribution in [0.5, 0.6) is 5.75 Å². The molecule has 18 heavy (non-hydrogen) atoms. The van der Waals surface area contributed by atoms with E-state index >= 15 is 0 Å². The van der Waals surface area contributed by atoms with Crippen molar-refractivity contribution < 1.29 is 9.53 Å². The van der Waals surface area contributed by atoms with Crippen LogP contribution in [0, 0.1) is 0 Å². The maximum atomic E-state index is 12.3. The molecule has 0 amide bonds. The van der Waals surface area contributed by atoms with E-state index in [2.05, 4.69) is 10.2 Å². The predicted molar refractivity (Wildman–Crippen MR) is 71.2 cm³/mol. The summed E-state index contributed by atoms with van der Waals surface area (Å²) in [7, 11) is 2.04. The minimum absolute atomic E-state index is 0.0957. The number of rotatable bonds is 4. The molecule has 1 heterocycles. The van der Waals surface area contributed by atoms with Gasteiger partial charge in [0.15, 0.2) is 5.78 Å². The number of nitrogens with one attached hydrogen (secondary N) is 1. The van der Waals surface area contributed by atoms with Gasteiger partial charge in [0.2, 0.25) is 0 Å². The third-order valence-corrected chi connectivity index (χ3v) is 3.14. The minimum atomic E-state index is -0.0957. The Bertz CT molecular complexity index is 403. The molecule has 1 aliphatic heterocycles. The summed E-state index contributed by atoms with van der Waals surface area (Å²) in [5.41, 5.74) is 0.742. The third-order valence-electron chi connectivity index (χ3n) is 3.14. The van der Waals surface area contributed by atoms with Gasteiger partial charge < -0.3 is 15.0 Å². The lowest BCUT2D eigenvalue weighted by Gasteiger charge is -2.29. The Balaban J connectivity index is 2.03. The van der Waals surface area contributed by atoms with Gasteiger partial charge >= 0.3 is 0 Å². The Morgan fingerprint density at radius 1 is 1.44 bits per heavy atom. The molecule has 98 valence electrons. The number of hydrogen-bond donors (Lipinski definition) is 1. The molecule has 1 atom stereocenters. The minimum Gasteiger partial charge on any atom is -0.494 e. The van der Waals surface area contributed by atoms with E-state index < -0.39 is 0 Å². The number of ether oxygens (including phenoxy) is 1. The van der Waals surface area contributed by atoms with Gasteiger partial charge in [-0.15, -0.1) is 0 Å². The first kappa shape index (κ1) is 13.1. The number of benzene rings is 1. The zero-order valence-corrected chi connectivity index (χ0v) is 11.0. The molecule has 1 saturated heterocycles. The highest BCUT2D eigenvalue weighted by Gasteiger charge is 2.24. The summed E-state index contributed by atoms with van der Waals surface area (Å²) in [6, 6.07) is 7.28. The zero-order chi connectivity index (χ0) is 13.0. The molecule has 2 rings (SSSR count). The first-order valence-corrected chi connectivity index (χ1v) is 6.39. The third kappa shape index (κ3) is 3.09. The van der Waals surface area contributed by atoms with Crippen molar-refractivity contribution in [3.8, 4) is 5.75 Å². The highest BCUT2D eigenvalue weighted by atomic mass is 16.5. The van der Waals surface area contributed by atoms with Gasteiger partial charge in [-0.25, -0.2) is 0 Å². The fourth-order valence-corrected chi connectivity index (χ4v) is 2.16. The van der Waals surface area contributed by atoms with Crippen molar-refractivity contribution in [2.75, 3.05) is 33.3 Å². The predicted octanol–water partition coefficient (Wildman–Crippen LogP) is 1.17. The molecule has 1 unspecified atom stereocenters. The number of carbonyl (C=O) groups is 1. The topological polar surface area (TPSA) is 41.6 Å². The van der Waals surface area contributed by atoms with Crippen LogP contribution in [0.2, 0.25) is 0 Å². The van der Waals surface area contributed by atoms with E-state index in [0.717, 1.165) is 30.9 Å². The number of hydrogen-bond acceptors (Lipinski definition) is 4. The van der Waals surface area contributed by atoms with Crippen molar-refractivity contribution in [3.05, 3.63) is 29.8 Å². The van der Waals surface area contributed by atoms with Crippen LogP contribution in [0.4, 0.5) is 0 Å². The van der Waals surface area contributed by atoms with E-state index in [4.69, 9.17) is 4.74 Å². The first-order chi connectivity index (χ1) is 8.70. The van der Waals surface area contributed by atoms with Crippen LogP contribution in [0.15, 0.2) is 24.3 Å². The maximum Gasteiger partial charge on any atom is 0.181 e. The van der Waals surface area contributed by atoms with Crippen LogP contribution in [-0.2, 0) is 0 Å². The van der Waals surface area contributed by atoms with E-state index in [9.17, 15) is 4.79 Å². The number of carbonyl (C=O) groups excluding carboxylic acids is 1. The fraction of sp³-hybridized carbons (Fsp3) is 0.500. The lowest BCUT2D eigenvalue weighted by Crippen LogP contribution is -2.52. The van der Waals surface area contributed by atoms with Crippen LogP contribution >= 0.6 is 0 Å². The highest BCUT2D eigenvalue weighted by Crippen LogP contribution is 2.14. The Morgan fingerprint density at radius 2 is 2.17 bits per heavy atom. The second-order valence-corrected chi connectivity index (χ2v) is 4.59. The first-order valence-electron chi connectivity index (χ1n) is 6.39. The summed E-state index contributed by atoms with van der Waals surface area (Å²) >= 11 is 0. The molecule has 1 aromatic carbocycles. The molecule has 0 radical (unpaired) electrons. The van der Waals surface area contributed by atoms with Gasteiger partial charge in [-0.05, 0) is 38.2 Å². The fourth-order valence-electron chi connectivity index (χ4n) is 2.16. The molecule has 0 aliphatic carbocycles. The Morgan fingerprint density at radius 3 is 2.78 bits per heavy atom. The van der Waals surface area contributed by atoms with E-state index in [-0.39, 0.29) is 11.8 Å². The second-order valence-electron chi connectivity index (χ2n) is 4.59. The summed E-state index contributed by atoms with van der Waals surface area (Å²) in [5.74, 6) is 0.965. The average Bonchev–Trinajstić information content (AvgIpc) is 2.39. The molecular formula is C14H20N2O2. The molecule has 4 heteroatoms. The Kier molecular flexibility index (Phi) is 4.33. The van der Waals surface area contributed by atoms with Crippen molar-refractivity contribution in [3.63, 3.8) is 0 Å². The van der Waals surface area contributed by atoms with E-state index in [1.54, 1.807) is 0 Å². The molecular weight excluding hydrogens is 228 g/mol. The van der Waals surface area contributed by atoms with Gasteiger partial charge in [-0.1, -0.05) is 0 Å². The van der Waals surface area contributed by atoms with E-state index in [1.165, 1.54) is 0 Å². The summed E-state index contributed by atoms with van der Waals surface area (Å²) in [4.78, 5) is 14.5. The SMILES string of the molecule is CCOc1ccc(C(=O)C2CN(C)CCN2)cc1. The number of Topliss-reactive ketones (excluding diaryl/α,β-unsaturated/α-hetero) is 1. The summed E-state index contributed by atoms with van der Waals surface area (Å²) in [5, 5.41) is 3.27. The standard InChI is InChI=1S/C14H20N2O2/c1-3-18-12-6-4-11(5-7-12)14(17)13-10-16(2)9-8-15-13/h4-7,13,15H,3,8-10H2,1-2H3. The molecule has 1 aromatic rings. The molecule has 1 aliphatic rings. The van der Waals surface area contributed by atoms with Gasteiger partial charge in [-0.2, -0.15) is 0 Å². The Hall–Kier alpha value is -1.39. The summed E-state index contributed by atoms with van der Waals surface area (Å²) < 4.78 is 5.37. The number of nitrogens with zero attached hydrogens (tertiary/aromatic N) is 1. The van der Waals surface area contributed by atoms with E-state index in [1.807, 2.05) is 38.2 Å². The van der Waals surface area contributed by atoms with Crippen LogP contribution in [-0.4, -0.2) is 50.0 Å². The van der Waals surface area contributed by atoms with Crippen molar-refractivity contribution >= 4 is 5.78 Å². The number of likely N-dealkylation sites (N-methyl/N-ethyl adjacent to an activating group) is 1. The summed E-state index contributed by atoms with van der Waals surface area (Å²) in [6.45, 7) is 5.21.